The number of nitrogens with two attached hydrogens (primary N) is 2. The highest BCUT2D eigenvalue weighted by atomic mass is 32.2. The fourth-order valence-corrected chi connectivity index (χ4v) is 3.87. The predicted octanol–water partition coefficient (Wildman–Crippen LogP) is 0.724. The van der Waals surface area contributed by atoms with E-state index in [2.05, 4.69) is 4.72 Å². The summed E-state index contributed by atoms with van der Waals surface area (Å²) in [5, 5.41) is 0. The van der Waals surface area contributed by atoms with Crippen LogP contribution >= 0.6 is 0 Å². The molecule has 1 fully saturated rings. The maximum Gasteiger partial charge on any atom is 0.248 e. The Morgan fingerprint density at radius 1 is 1.10 bits per heavy atom. The molecule has 0 aliphatic heterocycles. The van der Waals surface area contributed by atoms with Crippen LogP contribution in [0.3, 0.4) is 0 Å². The summed E-state index contributed by atoms with van der Waals surface area (Å²) in [7, 11) is -3.63. The summed E-state index contributed by atoms with van der Waals surface area (Å²) in [5.74, 6) is -0.585. The van der Waals surface area contributed by atoms with E-state index in [1.54, 1.807) is 0 Å². The number of carbonyl (C=O) groups excluding carboxylic acids is 1. The molecule has 1 amide bonds. The fraction of sp³-hybridized carbons (Fsp3) is 0.500. The SMILES string of the molecule is NC(=O)c1ccc(S(=O)(=O)NC2CCCCCC2N)cc1. The molecule has 5 N–H and O–H groups in total. The summed E-state index contributed by atoms with van der Waals surface area (Å²) in [5.41, 5.74) is 11.5. The summed E-state index contributed by atoms with van der Waals surface area (Å²) in [6, 6.07) is 5.17. The highest BCUT2D eigenvalue weighted by molar-refractivity contribution is 7.89. The zero-order chi connectivity index (χ0) is 15.5. The summed E-state index contributed by atoms with van der Waals surface area (Å²) < 4.78 is 27.4. The molecule has 2 atom stereocenters. The van der Waals surface area contributed by atoms with Crippen LogP contribution in [-0.2, 0) is 10.0 Å². The molecule has 2 rings (SSSR count). The van der Waals surface area contributed by atoms with Gasteiger partial charge >= 0.3 is 0 Å². The molecule has 1 aromatic rings. The Hall–Kier alpha value is -1.44. The molecule has 1 aromatic carbocycles. The Labute approximate surface area is 124 Å². The first-order valence-corrected chi connectivity index (χ1v) is 8.56. The van der Waals surface area contributed by atoms with E-state index in [0.717, 1.165) is 32.1 Å². The Bertz CT molecular complexity index is 598. The van der Waals surface area contributed by atoms with Crippen LogP contribution in [0.25, 0.3) is 0 Å². The van der Waals surface area contributed by atoms with Crippen LogP contribution in [0, 0.1) is 0 Å². The molecule has 2 unspecified atom stereocenters. The monoisotopic (exact) mass is 311 g/mol. The second-order valence-electron chi connectivity index (χ2n) is 5.42. The first kappa shape index (κ1) is 15.9. The molecule has 0 saturated heterocycles. The van der Waals surface area contributed by atoms with Crippen molar-refractivity contribution in [2.24, 2.45) is 11.5 Å². The van der Waals surface area contributed by atoms with Gasteiger partial charge in [-0.15, -0.1) is 0 Å². The van der Waals surface area contributed by atoms with Crippen molar-refractivity contribution in [1.29, 1.82) is 0 Å². The van der Waals surface area contributed by atoms with Gasteiger partial charge in [-0.2, -0.15) is 0 Å². The smallest absolute Gasteiger partial charge is 0.248 e. The van der Waals surface area contributed by atoms with E-state index in [9.17, 15) is 13.2 Å². The van der Waals surface area contributed by atoms with Crippen molar-refractivity contribution in [1.82, 2.24) is 4.72 Å². The third-order valence-electron chi connectivity index (χ3n) is 3.83. The molecule has 6 nitrogen and oxygen atoms in total. The van der Waals surface area contributed by atoms with Crippen molar-refractivity contribution >= 4 is 15.9 Å². The number of carbonyl (C=O) groups is 1. The molecule has 7 heteroatoms. The summed E-state index contributed by atoms with van der Waals surface area (Å²) in [6.07, 6.45) is 4.67. The van der Waals surface area contributed by atoms with Crippen LogP contribution in [0.15, 0.2) is 29.2 Å². The lowest BCUT2D eigenvalue weighted by Crippen LogP contribution is -2.46. The number of amides is 1. The largest absolute Gasteiger partial charge is 0.366 e. The minimum atomic E-state index is -3.63. The normalized spacial score (nSPS) is 23.5. The van der Waals surface area contributed by atoms with Gasteiger partial charge < -0.3 is 11.5 Å². The molecule has 0 spiro atoms. The number of primary amides is 1. The number of benzene rings is 1. The van der Waals surface area contributed by atoms with Gasteiger partial charge in [0, 0.05) is 17.6 Å². The van der Waals surface area contributed by atoms with Gasteiger partial charge in [-0.3, -0.25) is 4.79 Å². The molecular weight excluding hydrogens is 290 g/mol. The van der Waals surface area contributed by atoms with E-state index in [4.69, 9.17) is 11.5 Å². The minimum Gasteiger partial charge on any atom is -0.366 e. The first-order valence-electron chi connectivity index (χ1n) is 7.08. The molecule has 0 bridgehead atoms. The van der Waals surface area contributed by atoms with E-state index in [1.165, 1.54) is 24.3 Å². The van der Waals surface area contributed by atoms with Crippen LogP contribution in [0.2, 0.25) is 0 Å². The Morgan fingerprint density at radius 3 is 2.33 bits per heavy atom. The topological polar surface area (TPSA) is 115 Å². The second-order valence-corrected chi connectivity index (χ2v) is 7.13. The van der Waals surface area contributed by atoms with Crippen LogP contribution in [0.4, 0.5) is 0 Å². The van der Waals surface area contributed by atoms with Gasteiger partial charge in [-0.25, -0.2) is 13.1 Å². The van der Waals surface area contributed by atoms with Crippen molar-refractivity contribution < 1.29 is 13.2 Å². The van der Waals surface area contributed by atoms with Crippen molar-refractivity contribution in [3.63, 3.8) is 0 Å². The standard InChI is InChI=1S/C14H21N3O3S/c15-12-4-2-1-3-5-13(12)17-21(19,20)11-8-6-10(7-9-11)14(16)18/h6-9,12-13,17H,1-5,15H2,(H2,16,18). The molecule has 1 saturated carbocycles. The maximum atomic E-state index is 12.4. The third-order valence-corrected chi connectivity index (χ3v) is 5.33. The van der Waals surface area contributed by atoms with E-state index in [1.807, 2.05) is 0 Å². The van der Waals surface area contributed by atoms with Gasteiger partial charge in [0.1, 0.15) is 0 Å². The van der Waals surface area contributed by atoms with Crippen LogP contribution < -0.4 is 16.2 Å². The van der Waals surface area contributed by atoms with Crippen LogP contribution in [0.1, 0.15) is 42.5 Å². The van der Waals surface area contributed by atoms with Gasteiger partial charge in [-0.05, 0) is 37.1 Å². The van der Waals surface area contributed by atoms with Crippen LogP contribution in [-0.4, -0.2) is 26.4 Å². The molecule has 21 heavy (non-hydrogen) atoms. The molecule has 0 heterocycles. The van der Waals surface area contributed by atoms with Crippen molar-refractivity contribution in [2.45, 2.75) is 49.1 Å². The Kier molecular flexibility index (Phi) is 4.97. The van der Waals surface area contributed by atoms with Gasteiger partial charge in [0.15, 0.2) is 0 Å². The second kappa shape index (κ2) is 6.55. The van der Waals surface area contributed by atoms with E-state index < -0.39 is 15.9 Å². The average Bonchev–Trinajstić information content (AvgIpc) is 2.64. The Morgan fingerprint density at radius 2 is 1.71 bits per heavy atom. The van der Waals surface area contributed by atoms with Crippen LogP contribution in [0.5, 0.6) is 0 Å². The molecule has 0 aromatic heterocycles. The average molecular weight is 311 g/mol. The number of hydrogen-bond acceptors (Lipinski definition) is 4. The quantitative estimate of drug-likeness (QED) is 0.711. The lowest BCUT2D eigenvalue weighted by Gasteiger charge is -2.22. The zero-order valence-electron chi connectivity index (χ0n) is 11.8. The number of rotatable bonds is 4. The molecule has 0 radical (unpaired) electrons. The number of sulfonamides is 1. The highest BCUT2D eigenvalue weighted by Crippen LogP contribution is 2.19. The van der Waals surface area contributed by atoms with E-state index in [0.29, 0.717) is 0 Å². The number of hydrogen-bond donors (Lipinski definition) is 3. The third kappa shape index (κ3) is 4.03. The fourth-order valence-electron chi connectivity index (χ4n) is 2.55. The Balaban J connectivity index is 2.15. The summed E-state index contributed by atoms with van der Waals surface area (Å²) in [6.45, 7) is 0. The summed E-state index contributed by atoms with van der Waals surface area (Å²) in [4.78, 5) is 11.1. The lowest BCUT2D eigenvalue weighted by molar-refractivity contribution is 0.1000. The van der Waals surface area contributed by atoms with E-state index in [-0.39, 0.29) is 22.5 Å². The van der Waals surface area contributed by atoms with Gasteiger partial charge in [0.2, 0.25) is 15.9 Å². The van der Waals surface area contributed by atoms with Crippen molar-refractivity contribution in [2.75, 3.05) is 0 Å². The molecule has 116 valence electrons. The minimum absolute atomic E-state index is 0.115. The van der Waals surface area contributed by atoms with Gasteiger partial charge in [0.25, 0.3) is 0 Å². The predicted molar refractivity (Wildman–Crippen MR) is 80.1 cm³/mol. The molecular formula is C14H21N3O3S. The highest BCUT2D eigenvalue weighted by Gasteiger charge is 2.26. The maximum absolute atomic E-state index is 12.4. The zero-order valence-corrected chi connectivity index (χ0v) is 12.6. The molecule has 1 aliphatic rings. The number of nitrogens with one attached hydrogen (secondary N) is 1. The van der Waals surface area contributed by atoms with Crippen molar-refractivity contribution in [3.05, 3.63) is 29.8 Å². The van der Waals surface area contributed by atoms with Gasteiger partial charge in [-0.1, -0.05) is 19.3 Å². The van der Waals surface area contributed by atoms with Gasteiger partial charge in [0.05, 0.1) is 4.90 Å². The van der Waals surface area contributed by atoms with E-state index >= 15 is 0 Å². The van der Waals surface area contributed by atoms with Crippen molar-refractivity contribution in [3.8, 4) is 0 Å². The first-order chi connectivity index (χ1) is 9.90. The lowest BCUT2D eigenvalue weighted by atomic mass is 10.1. The molecule has 1 aliphatic carbocycles. The summed E-state index contributed by atoms with van der Waals surface area (Å²) >= 11 is 0.